The van der Waals surface area contributed by atoms with Crippen molar-refractivity contribution >= 4 is 39.8 Å². The predicted octanol–water partition coefficient (Wildman–Crippen LogP) is 4.56. The van der Waals surface area contributed by atoms with E-state index in [-0.39, 0.29) is 23.1 Å². The number of Topliss-reactive ketones (excluding diaryl/α,β-unsaturated/α-hetero) is 1. The maximum Gasteiger partial charge on any atom is 0.344 e. The third kappa shape index (κ3) is 3.74. The number of benzene rings is 2. The Bertz CT molecular complexity index is 1310. The Balaban J connectivity index is 1.96. The summed E-state index contributed by atoms with van der Waals surface area (Å²) >= 11 is 0. The highest BCUT2D eigenvalue weighted by atomic mass is 16.5. The van der Waals surface area contributed by atoms with Crippen LogP contribution in [0, 0.1) is 5.92 Å². The molecular formula is C24H24N4O3. The second-order valence-corrected chi connectivity index (χ2v) is 7.70. The van der Waals surface area contributed by atoms with Crippen LogP contribution in [0.25, 0.3) is 27.9 Å². The number of carbonyl (C=O) groups excluding carboxylic acids is 2. The first-order chi connectivity index (χ1) is 14.9. The van der Waals surface area contributed by atoms with Crippen LogP contribution in [0.4, 0.5) is 5.82 Å². The number of ether oxygens (including phenoxy) is 1. The Morgan fingerprint density at radius 1 is 1.10 bits per heavy atom. The Labute approximate surface area is 179 Å². The molecule has 1 unspecified atom stereocenters. The van der Waals surface area contributed by atoms with Gasteiger partial charge in [0.15, 0.2) is 11.4 Å². The second kappa shape index (κ2) is 8.18. The number of hydrogen-bond donors (Lipinski definition) is 1. The van der Waals surface area contributed by atoms with Gasteiger partial charge in [-0.05, 0) is 37.1 Å². The van der Waals surface area contributed by atoms with Crippen molar-refractivity contribution in [3.63, 3.8) is 0 Å². The summed E-state index contributed by atoms with van der Waals surface area (Å²) in [5.41, 5.74) is 9.96. The van der Waals surface area contributed by atoms with Gasteiger partial charge in [-0.1, -0.05) is 44.5 Å². The van der Waals surface area contributed by atoms with Crippen molar-refractivity contribution in [2.45, 2.75) is 27.2 Å². The van der Waals surface area contributed by atoms with Gasteiger partial charge in [0.25, 0.3) is 0 Å². The molecule has 2 aromatic carbocycles. The number of aromatic nitrogens is 3. The number of nitrogens with zero attached hydrogens (tertiary/aromatic N) is 3. The predicted molar refractivity (Wildman–Crippen MR) is 121 cm³/mol. The Kier molecular flexibility index (Phi) is 5.42. The molecule has 7 nitrogen and oxygen atoms in total. The number of rotatable bonds is 6. The van der Waals surface area contributed by atoms with Gasteiger partial charge in [-0.15, -0.1) is 0 Å². The highest BCUT2D eigenvalue weighted by molar-refractivity contribution is 6.09. The average molecular weight is 416 g/mol. The lowest BCUT2D eigenvalue weighted by molar-refractivity contribution is 0.0450. The minimum absolute atomic E-state index is 0.0680. The van der Waals surface area contributed by atoms with E-state index >= 15 is 0 Å². The molecule has 4 aromatic rings. The van der Waals surface area contributed by atoms with E-state index in [9.17, 15) is 9.59 Å². The lowest BCUT2D eigenvalue weighted by Gasteiger charge is -2.10. The molecule has 7 heteroatoms. The van der Waals surface area contributed by atoms with Crippen molar-refractivity contribution in [2.24, 2.45) is 5.92 Å². The van der Waals surface area contributed by atoms with Crippen LogP contribution in [0.3, 0.4) is 0 Å². The third-order valence-corrected chi connectivity index (χ3v) is 5.41. The van der Waals surface area contributed by atoms with Crippen molar-refractivity contribution in [1.82, 2.24) is 14.5 Å². The molecule has 0 spiro atoms. The number of esters is 1. The molecule has 0 aliphatic heterocycles. The van der Waals surface area contributed by atoms with Gasteiger partial charge in [0.2, 0.25) is 0 Å². The topological polar surface area (TPSA) is 100 Å². The van der Waals surface area contributed by atoms with Gasteiger partial charge in [-0.3, -0.25) is 9.36 Å². The molecule has 2 N–H and O–H groups in total. The van der Waals surface area contributed by atoms with E-state index in [1.165, 1.54) is 6.92 Å². The number of ketones is 1. The second-order valence-electron chi connectivity index (χ2n) is 7.70. The summed E-state index contributed by atoms with van der Waals surface area (Å²) in [7, 11) is 0. The zero-order chi connectivity index (χ0) is 22.1. The van der Waals surface area contributed by atoms with E-state index in [0.717, 1.165) is 6.42 Å². The summed E-state index contributed by atoms with van der Waals surface area (Å²) in [6, 6.07) is 14.5. The number of nitrogens with two attached hydrogens (primary N) is 1. The van der Waals surface area contributed by atoms with E-state index in [1.807, 2.05) is 44.2 Å². The Hall–Kier alpha value is -3.74. The zero-order valence-electron chi connectivity index (χ0n) is 17.8. The first kappa shape index (κ1) is 20.5. The maximum absolute atomic E-state index is 13.0. The van der Waals surface area contributed by atoms with Crippen LogP contribution in [0.1, 0.15) is 47.9 Å². The van der Waals surface area contributed by atoms with Crippen LogP contribution >= 0.6 is 0 Å². The van der Waals surface area contributed by atoms with Crippen LogP contribution in [0.15, 0.2) is 48.5 Å². The summed E-state index contributed by atoms with van der Waals surface area (Å²) in [6.07, 6.45) is 0.896. The average Bonchev–Trinajstić information content (AvgIpc) is 3.06. The number of para-hydroxylation sites is 2. The summed E-state index contributed by atoms with van der Waals surface area (Å²) in [6.45, 7) is 5.85. The Morgan fingerprint density at radius 2 is 1.81 bits per heavy atom. The molecule has 0 saturated carbocycles. The number of anilines is 1. The SMILES string of the molecule is CCC(C)COC(=O)c1c(N)n(-c2cccc(C(C)=O)c2)c2nc3ccccc3nc12. The number of carbonyl (C=O) groups is 2. The highest BCUT2D eigenvalue weighted by Crippen LogP contribution is 2.32. The van der Waals surface area contributed by atoms with Crippen molar-refractivity contribution in [3.8, 4) is 5.69 Å². The first-order valence-corrected chi connectivity index (χ1v) is 10.3. The molecule has 4 rings (SSSR count). The monoisotopic (exact) mass is 416 g/mol. The van der Waals surface area contributed by atoms with E-state index in [1.54, 1.807) is 22.8 Å². The molecule has 31 heavy (non-hydrogen) atoms. The molecular weight excluding hydrogens is 392 g/mol. The van der Waals surface area contributed by atoms with Crippen molar-refractivity contribution in [3.05, 3.63) is 59.7 Å². The van der Waals surface area contributed by atoms with Crippen molar-refractivity contribution < 1.29 is 14.3 Å². The van der Waals surface area contributed by atoms with E-state index < -0.39 is 5.97 Å². The van der Waals surface area contributed by atoms with E-state index in [0.29, 0.717) is 40.1 Å². The molecule has 2 heterocycles. The standard InChI is InChI=1S/C24H24N4O3/c1-4-14(2)13-31-24(30)20-21-23(27-19-11-6-5-10-18(19)26-21)28(22(20)25)17-9-7-8-16(12-17)15(3)29/h5-12,14H,4,13,25H2,1-3H3. The van der Waals surface area contributed by atoms with Crippen molar-refractivity contribution in [2.75, 3.05) is 12.3 Å². The lowest BCUT2D eigenvalue weighted by Crippen LogP contribution is -2.13. The molecule has 2 aromatic heterocycles. The largest absolute Gasteiger partial charge is 0.462 e. The summed E-state index contributed by atoms with van der Waals surface area (Å²) in [5, 5.41) is 0. The third-order valence-electron chi connectivity index (χ3n) is 5.41. The number of fused-ring (bicyclic) bond motifs is 2. The quantitative estimate of drug-likeness (QED) is 0.365. The molecule has 0 aliphatic carbocycles. The molecule has 0 saturated heterocycles. The molecule has 158 valence electrons. The molecule has 0 amide bonds. The van der Waals surface area contributed by atoms with Gasteiger partial charge in [-0.25, -0.2) is 14.8 Å². The summed E-state index contributed by atoms with van der Waals surface area (Å²) < 4.78 is 7.19. The fourth-order valence-electron chi connectivity index (χ4n) is 3.40. The fraction of sp³-hybridized carbons (Fsp3) is 0.250. The molecule has 0 fully saturated rings. The van der Waals surface area contributed by atoms with Gasteiger partial charge >= 0.3 is 5.97 Å². The maximum atomic E-state index is 13.0. The smallest absolute Gasteiger partial charge is 0.344 e. The summed E-state index contributed by atoms with van der Waals surface area (Å²) in [4.78, 5) is 34.3. The lowest BCUT2D eigenvalue weighted by atomic mass is 10.1. The minimum atomic E-state index is -0.533. The van der Waals surface area contributed by atoms with Gasteiger partial charge in [0.1, 0.15) is 16.9 Å². The zero-order valence-corrected chi connectivity index (χ0v) is 17.8. The van der Waals surface area contributed by atoms with Crippen LogP contribution in [0.5, 0.6) is 0 Å². The van der Waals surface area contributed by atoms with E-state index in [2.05, 4.69) is 4.98 Å². The van der Waals surface area contributed by atoms with Crippen LogP contribution in [-0.2, 0) is 4.74 Å². The molecule has 0 aliphatic rings. The van der Waals surface area contributed by atoms with Crippen LogP contribution in [-0.4, -0.2) is 32.9 Å². The Morgan fingerprint density at radius 3 is 2.48 bits per heavy atom. The number of hydrogen-bond acceptors (Lipinski definition) is 6. The number of nitrogen functional groups attached to an aromatic ring is 1. The van der Waals surface area contributed by atoms with Gasteiger partial charge in [0.05, 0.1) is 17.6 Å². The minimum Gasteiger partial charge on any atom is -0.462 e. The molecule has 1 atom stereocenters. The van der Waals surface area contributed by atoms with Crippen LogP contribution < -0.4 is 5.73 Å². The summed E-state index contributed by atoms with van der Waals surface area (Å²) in [5.74, 6) is -0.187. The van der Waals surface area contributed by atoms with Crippen molar-refractivity contribution in [1.29, 1.82) is 0 Å². The van der Waals surface area contributed by atoms with Gasteiger partial charge in [-0.2, -0.15) is 0 Å². The van der Waals surface area contributed by atoms with Crippen LogP contribution in [0.2, 0.25) is 0 Å². The fourth-order valence-corrected chi connectivity index (χ4v) is 3.40. The van der Waals surface area contributed by atoms with Gasteiger partial charge in [0, 0.05) is 11.3 Å². The normalized spacial score (nSPS) is 12.2. The highest BCUT2D eigenvalue weighted by Gasteiger charge is 2.26. The molecule has 0 radical (unpaired) electrons. The van der Waals surface area contributed by atoms with Gasteiger partial charge < -0.3 is 10.5 Å². The first-order valence-electron chi connectivity index (χ1n) is 10.3. The molecule has 0 bridgehead atoms. The van der Waals surface area contributed by atoms with E-state index in [4.69, 9.17) is 15.5 Å².